The van der Waals surface area contributed by atoms with Gasteiger partial charge in [0.2, 0.25) is 11.9 Å². The maximum atomic E-state index is 16.5. The molecule has 2 N–H and O–H groups in total. The topological polar surface area (TPSA) is 84.8 Å². The first kappa shape index (κ1) is 26.6. The molecule has 0 bridgehead atoms. The van der Waals surface area contributed by atoms with Crippen LogP contribution in [0.3, 0.4) is 0 Å². The minimum Gasteiger partial charge on any atom is -0.508 e. The van der Waals surface area contributed by atoms with Gasteiger partial charge in [0, 0.05) is 50.2 Å². The molecule has 3 aromatic carbocycles. The van der Waals surface area contributed by atoms with Crippen LogP contribution >= 0.6 is 11.6 Å². The maximum Gasteiger partial charge on any atom is 0.246 e. The van der Waals surface area contributed by atoms with Crippen LogP contribution in [-0.4, -0.2) is 84.1 Å². The lowest BCUT2D eigenvalue weighted by molar-refractivity contribution is -0.126. The number of hydrogen-bond acceptors (Lipinski definition) is 7. The summed E-state index contributed by atoms with van der Waals surface area (Å²) in [6.45, 7) is 6.89. The molecule has 202 valence electrons. The highest BCUT2D eigenvalue weighted by Gasteiger charge is 2.26. The van der Waals surface area contributed by atoms with Crippen molar-refractivity contribution in [2.45, 2.75) is 0 Å². The van der Waals surface area contributed by atoms with Crippen molar-refractivity contribution in [3.63, 3.8) is 0 Å². The fourth-order valence-electron chi connectivity index (χ4n) is 4.91. The third kappa shape index (κ3) is 5.32. The number of hydrogen-bond donors (Lipinski definition) is 2. The van der Waals surface area contributed by atoms with Gasteiger partial charge in [-0.25, -0.2) is 9.37 Å². The van der Waals surface area contributed by atoms with Crippen LogP contribution in [0.2, 0.25) is 5.02 Å². The zero-order valence-corrected chi connectivity index (χ0v) is 22.7. The Labute approximate surface area is 231 Å². The molecule has 0 spiro atoms. The molecule has 2 heterocycles. The predicted octanol–water partition coefficient (Wildman–Crippen LogP) is 4.76. The van der Waals surface area contributed by atoms with Crippen molar-refractivity contribution in [1.82, 2.24) is 19.8 Å². The first-order valence-electron chi connectivity index (χ1n) is 12.7. The number of nitrogens with zero attached hydrogens (tertiary/aromatic N) is 5. The van der Waals surface area contributed by atoms with Crippen molar-refractivity contribution in [3.8, 4) is 16.9 Å². The van der Waals surface area contributed by atoms with Gasteiger partial charge in [0.1, 0.15) is 17.1 Å². The van der Waals surface area contributed by atoms with E-state index in [1.54, 1.807) is 17.0 Å². The van der Waals surface area contributed by atoms with Gasteiger partial charge in [-0.2, -0.15) is 4.98 Å². The molecule has 1 aliphatic rings. The average Bonchev–Trinajstić information content (AvgIpc) is 2.92. The molecule has 1 saturated heterocycles. The number of benzene rings is 3. The number of halogens is 2. The molecule has 0 aliphatic carbocycles. The lowest BCUT2D eigenvalue weighted by atomic mass is 9.96. The molecule has 8 nitrogen and oxygen atoms in total. The van der Waals surface area contributed by atoms with Gasteiger partial charge in [0.15, 0.2) is 5.82 Å². The van der Waals surface area contributed by atoms with E-state index in [1.165, 1.54) is 12.1 Å². The Bertz CT molecular complexity index is 1570. The highest BCUT2D eigenvalue weighted by molar-refractivity contribution is 6.35. The minimum atomic E-state index is -0.590. The summed E-state index contributed by atoms with van der Waals surface area (Å²) in [6.07, 6.45) is 1.31. The number of carbonyl (C=O) groups is 1. The maximum absolute atomic E-state index is 16.5. The molecule has 10 heteroatoms. The summed E-state index contributed by atoms with van der Waals surface area (Å²) in [5, 5.41) is 15.8. The molecule has 4 aromatic rings. The third-order valence-electron chi connectivity index (χ3n) is 6.89. The number of aromatic nitrogens is 2. The van der Waals surface area contributed by atoms with Crippen molar-refractivity contribution < 1.29 is 14.3 Å². The van der Waals surface area contributed by atoms with Gasteiger partial charge in [-0.15, -0.1) is 0 Å². The summed E-state index contributed by atoms with van der Waals surface area (Å²) in [4.78, 5) is 27.2. The van der Waals surface area contributed by atoms with Gasteiger partial charge < -0.3 is 25.1 Å². The first-order chi connectivity index (χ1) is 18.8. The van der Waals surface area contributed by atoms with Crippen molar-refractivity contribution in [1.29, 1.82) is 0 Å². The number of amides is 1. The number of rotatable bonds is 7. The Morgan fingerprint density at radius 1 is 1.15 bits per heavy atom. The Kier molecular flexibility index (Phi) is 7.54. The molecule has 5 rings (SSSR count). The van der Waals surface area contributed by atoms with Crippen LogP contribution in [0.4, 0.5) is 16.2 Å². The smallest absolute Gasteiger partial charge is 0.246 e. The van der Waals surface area contributed by atoms with E-state index < -0.39 is 5.82 Å². The van der Waals surface area contributed by atoms with E-state index >= 15 is 4.39 Å². The number of carbonyl (C=O) groups excluding carboxylic acids is 1. The van der Waals surface area contributed by atoms with Gasteiger partial charge in [-0.1, -0.05) is 42.4 Å². The normalized spacial score (nSPS) is 13.9. The lowest BCUT2D eigenvalue weighted by Crippen LogP contribution is -2.48. The van der Waals surface area contributed by atoms with Crippen LogP contribution in [-0.2, 0) is 4.79 Å². The van der Waals surface area contributed by atoms with Crippen LogP contribution < -0.4 is 10.2 Å². The first-order valence-corrected chi connectivity index (χ1v) is 13.1. The van der Waals surface area contributed by atoms with Crippen LogP contribution in [0.25, 0.3) is 32.8 Å². The molecule has 0 saturated carbocycles. The van der Waals surface area contributed by atoms with E-state index in [4.69, 9.17) is 16.6 Å². The molecule has 39 heavy (non-hydrogen) atoms. The summed E-state index contributed by atoms with van der Waals surface area (Å²) < 4.78 is 16.5. The number of anilines is 2. The van der Waals surface area contributed by atoms with Gasteiger partial charge >= 0.3 is 0 Å². The highest BCUT2D eigenvalue weighted by Crippen LogP contribution is 2.42. The van der Waals surface area contributed by atoms with E-state index in [-0.39, 0.29) is 27.8 Å². The summed E-state index contributed by atoms with van der Waals surface area (Å²) in [7, 11) is 3.93. The molecular weight excluding hydrogens is 519 g/mol. The van der Waals surface area contributed by atoms with E-state index in [2.05, 4.69) is 16.9 Å². The number of aromatic hydroxyl groups is 1. The second-order valence-electron chi connectivity index (χ2n) is 9.78. The monoisotopic (exact) mass is 548 g/mol. The zero-order valence-electron chi connectivity index (χ0n) is 21.9. The van der Waals surface area contributed by atoms with Gasteiger partial charge in [-0.3, -0.25) is 4.79 Å². The average molecular weight is 549 g/mol. The lowest BCUT2D eigenvalue weighted by Gasteiger charge is -2.35. The molecule has 1 amide bonds. The number of phenols is 1. The van der Waals surface area contributed by atoms with Crippen LogP contribution in [0, 0.1) is 5.82 Å². The van der Waals surface area contributed by atoms with Crippen molar-refractivity contribution in [2.24, 2.45) is 0 Å². The molecule has 1 aromatic heterocycles. The Morgan fingerprint density at radius 3 is 2.62 bits per heavy atom. The Balaban J connectivity index is 1.65. The van der Waals surface area contributed by atoms with Crippen LogP contribution in [0.1, 0.15) is 0 Å². The molecule has 0 unspecified atom stereocenters. The number of phenolic OH excluding ortho intramolecular Hbond substituents is 1. The van der Waals surface area contributed by atoms with Crippen molar-refractivity contribution in [2.75, 3.05) is 63.6 Å². The van der Waals surface area contributed by atoms with Crippen LogP contribution in [0.5, 0.6) is 5.75 Å². The predicted molar refractivity (Wildman–Crippen MR) is 155 cm³/mol. The fourth-order valence-corrected chi connectivity index (χ4v) is 5.20. The summed E-state index contributed by atoms with van der Waals surface area (Å²) >= 11 is 6.77. The Hall–Kier alpha value is -3.95. The SMILES string of the molecule is C=CC(=O)N1CCN(c2nc(NCCN(C)C)nc3c(F)c(-c4cc(O)cc5ccccc45)c(Cl)cc23)CC1. The molecule has 0 atom stereocenters. The van der Waals surface area contributed by atoms with Crippen molar-refractivity contribution in [3.05, 3.63) is 66.0 Å². The number of nitrogens with one attached hydrogen (secondary N) is 1. The summed E-state index contributed by atoms with van der Waals surface area (Å²) in [5.41, 5.74) is 0.777. The molecule has 1 fully saturated rings. The summed E-state index contributed by atoms with van der Waals surface area (Å²) in [6, 6.07) is 12.3. The second-order valence-corrected chi connectivity index (χ2v) is 10.2. The number of fused-ring (bicyclic) bond motifs is 2. The molecular formula is C29H30ClFN6O2. The minimum absolute atomic E-state index is 0.0145. The van der Waals surface area contributed by atoms with E-state index in [1.807, 2.05) is 48.2 Å². The standard InChI is InChI=1S/C29H30ClFN6O2/c1-4-24(39)36-11-13-37(14-12-36)28-22-17-23(30)25(21-16-19(38)15-18-7-5-6-8-20(18)21)26(31)27(22)33-29(34-28)32-9-10-35(2)3/h4-8,15-17,38H,1,9-14H2,2-3H3,(H,32,33,34). The van der Waals surface area contributed by atoms with Gasteiger partial charge in [0.05, 0.1) is 5.02 Å². The zero-order chi connectivity index (χ0) is 27.7. The van der Waals surface area contributed by atoms with Gasteiger partial charge in [0.25, 0.3) is 0 Å². The third-order valence-corrected chi connectivity index (χ3v) is 7.18. The van der Waals surface area contributed by atoms with E-state index in [0.717, 1.165) is 17.3 Å². The van der Waals surface area contributed by atoms with Crippen molar-refractivity contribution >= 4 is 50.9 Å². The molecule has 0 radical (unpaired) electrons. The molecule has 1 aliphatic heterocycles. The van der Waals surface area contributed by atoms with Gasteiger partial charge in [-0.05, 0) is 54.7 Å². The fraction of sp³-hybridized carbons (Fsp3) is 0.276. The highest BCUT2D eigenvalue weighted by atomic mass is 35.5. The largest absolute Gasteiger partial charge is 0.508 e. The quantitative estimate of drug-likeness (QED) is 0.322. The van der Waals surface area contributed by atoms with Crippen LogP contribution in [0.15, 0.2) is 55.1 Å². The number of likely N-dealkylation sites (N-methyl/N-ethyl adjacent to an activating group) is 1. The number of piperazine rings is 1. The van der Waals surface area contributed by atoms with E-state index in [0.29, 0.717) is 55.4 Å². The summed E-state index contributed by atoms with van der Waals surface area (Å²) in [5.74, 6) is 0.155. The Morgan fingerprint density at radius 2 is 1.90 bits per heavy atom. The second kappa shape index (κ2) is 11.0. The van der Waals surface area contributed by atoms with E-state index in [9.17, 15) is 9.90 Å².